The van der Waals surface area contributed by atoms with E-state index in [9.17, 15) is 4.79 Å². The van der Waals surface area contributed by atoms with Crippen LogP contribution in [0.15, 0.2) is 42.7 Å². The molecule has 22 heavy (non-hydrogen) atoms. The van der Waals surface area contributed by atoms with E-state index in [0.717, 1.165) is 25.1 Å². The normalized spacial score (nSPS) is 17.5. The van der Waals surface area contributed by atoms with Crippen molar-refractivity contribution in [3.05, 3.63) is 54.1 Å². The molecule has 3 rings (SSSR count). The van der Waals surface area contributed by atoms with E-state index < -0.39 is 0 Å². The Hall–Kier alpha value is -2.43. The Morgan fingerprint density at radius 3 is 2.82 bits per heavy atom. The Morgan fingerprint density at radius 1 is 1.27 bits per heavy atom. The highest BCUT2D eigenvalue weighted by molar-refractivity contribution is 5.91. The van der Waals surface area contributed by atoms with E-state index in [-0.39, 0.29) is 5.91 Å². The van der Waals surface area contributed by atoms with E-state index in [4.69, 9.17) is 0 Å². The van der Waals surface area contributed by atoms with E-state index in [1.807, 2.05) is 25.1 Å². The van der Waals surface area contributed by atoms with Gasteiger partial charge in [0.15, 0.2) is 0 Å². The second-order valence-electron chi connectivity index (χ2n) is 5.58. The van der Waals surface area contributed by atoms with Crippen LogP contribution in [0.3, 0.4) is 0 Å². The lowest BCUT2D eigenvalue weighted by Gasteiger charge is -2.27. The van der Waals surface area contributed by atoms with Gasteiger partial charge < -0.3 is 10.2 Å². The summed E-state index contributed by atoms with van der Waals surface area (Å²) in [6.45, 7) is 3.52. The zero-order valence-electron chi connectivity index (χ0n) is 12.7. The van der Waals surface area contributed by atoms with Gasteiger partial charge in [0.2, 0.25) is 0 Å². The first-order chi connectivity index (χ1) is 10.7. The molecule has 5 nitrogen and oxygen atoms in total. The Labute approximate surface area is 130 Å². The van der Waals surface area contributed by atoms with Gasteiger partial charge in [0.05, 0.1) is 11.9 Å². The number of carbonyl (C=O) groups is 1. The number of hydrogen-bond donors (Lipinski definition) is 1. The standard InChI is InChI=1S/C17H20N4O/c1-13-10-19-16(12-18-13)17(22)20-11-15-8-5-9-21(15)14-6-3-2-4-7-14/h2-4,6-7,10,12,15H,5,8-9,11H2,1H3,(H,20,22). The van der Waals surface area contributed by atoms with Gasteiger partial charge in [-0.1, -0.05) is 18.2 Å². The van der Waals surface area contributed by atoms with Gasteiger partial charge in [0, 0.05) is 31.0 Å². The summed E-state index contributed by atoms with van der Waals surface area (Å²) in [4.78, 5) is 22.7. The van der Waals surface area contributed by atoms with Crippen molar-refractivity contribution in [1.82, 2.24) is 15.3 Å². The molecule has 0 radical (unpaired) electrons. The fourth-order valence-electron chi connectivity index (χ4n) is 2.82. The molecule has 5 heteroatoms. The summed E-state index contributed by atoms with van der Waals surface area (Å²) in [5, 5.41) is 2.98. The monoisotopic (exact) mass is 296 g/mol. The van der Waals surface area contributed by atoms with Crippen LogP contribution in [0.5, 0.6) is 0 Å². The number of nitrogens with one attached hydrogen (secondary N) is 1. The lowest BCUT2D eigenvalue weighted by molar-refractivity contribution is 0.0946. The third-order valence-electron chi connectivity index (χ3n) is 3.98. The van der Waals surface area contributed by atoms with Crippen LogP contribution in [0.4, 0.5) is 5.69 Å². The molecule has 1 amide bonds. The van der Waals surface area contributed by atoms with Crippen LogP contribution in [0.1, 0.15) is 29.0 Å². The van der Waals surface area contributed by atoms with Crippen molar-refractivity contribution in [3.8, 4) is 0 Å². The van der Waals surface area contributed by atoms with Gasteiger partial charge in [-0.05, 0) is 31.9 Å². The number of rotatable bonds is 4. The van der Waals surface area contributed by atoms with Crippen molar-refractivity contribution >= 4 is 11.6 Å². The van der Waals surface area contributed by atoms with Gasteiger partial charge >= 0.3 is 0 Å². The topological polar surface area (TPSA) is 58.1 Å². The summed E-state index contributed by atoms with van der Waals surface area (Å²) in [7, 11) is 0. The number of amides is 1. The second kappa shape index (κ2) is 6.56. The van der Waals surface area contributed by atoms with Crippen LogP contribution in [0, 0.1) is 6.92 Å². The quantitative estimate of drug-likeness (QED) is 0.939. The highest BCUT2D eigenvalue weighted by Crippen LogP contribution is 2.24. The molecule has 1 aromatic heterocycles. The van der Waals surface area contributed by atoms with Crippen molar-refractivity contribution in [3.63, 3.8) is 0 Å². The van der Waals surface area contributed by atoms with Gasteiger partial charge in [-0.3, -0.25) is 9.78 Å². The van der Waals surface area contributed by atoms with Gasteiger partial charge in [0.25, 0.3) is 5.91 Å². The molecule has 1 aliphatic rings. The zero-order chi connectivity index (χ0) is 15.4. The van der Waals surface area contributed by atoms with Crippen molar-refractivity contribution < 1.29 is 4.79 Å². The molecule has 114 valence electrons. The Bertz CT molecular complexity index is 627. The number of benzene rings is 1. The van der Waals surface area contributed by atoms with E-state index in [1.165, 1.54) is 11.9 Å². The average molecular weight is 296 g/mol. The van der Waals surface area contributed by atoms with E-state index in [1.54, 1.807) is 6.20 Å². The molecule has 0 aliphatic carbocycles. The summed E-state index contributed by atoms with van der Waals surface area (Å²) in [5.74, 6) is -0.160. The first-order valence-electron chi connectivity index (χ1n) is 7.62. The summed E-state index contributed by atoms with van der Waals surface area (Å²) in [6, 6.07) is 10.7. The van der Waals surface area contributed by atoms with Crippen LogP contribution in [0.2, 0.25) is 0 Å². The maximum atomic E-state index is 12.1. The lowest BCUT2D eigenvalue weighted by atomic mass is 10.2. The van der Waals surface area contributed by atoms with Crippen LogP contribution in [-0.2, 0) is 0 Å². The molecule has 0 spiro atoms. The second-order valence-corrected chi connectivity index (χ2v) is 5.58. The largest absolute Gasteiger partial charge is 0.367 e. The number of para-hydroxylation sites is 1. The molecule has 1 aromatic carbocycles. The molecule has 1 saturated heterocycles. The van der Waals surface area contributed by atoms with Crippen molar-refractivity contribution in [2.75, 3.05) is 18.0 Å². The first kappa shape index (κ1) is 14.5. The fourth-order valence-corrected chi connectivity index (χ4v) is 2.82. The molecule has 1 N–H and O–H groups in total. The van der Waals surface area contributed by atoms with Gasteiger partial charge in [-0.15, -0.1) is 0 Å². The summed E-state index contributed by atoms with van der Waals surface area (Å²) < 4.78 is 0. The lowest BCUT2D eigenvalue weighted by Crippen LogP contribution is -2.40. The Morgan fingerprint density at radius 2 is 2.09 bits per heavy atom. The Kier molecular flexibility index (Phi) is 4.32. The molecule has 0 saturated carbocycles. The van der Waals surface area contributed by atoms with E-state index in [0.29, 0.717) is 18.3 Å². The molecule has 1 aliphatic heterocycles. The van der Waals surface area contributed by atoms with Gasteiger partial charge in [-0.25, -0.2) is 4.98 Å². The number of nitrogens with zero attached hydrogens (tertiary/aromatic N) is 3. The molecular weight excluding hydrogens is 276 g/mol. The minimum atomic E-state index is -0.160. The van der Waals surface area contributed by atoms with Crippen molar-refractivity contribution in [2.24, 2.45) is 0 Å². The van der Waals surface area contributed by atoms with Gasteiger partial charge in [-0.2, -0.15) is 0 Å². The number of anilines is 1. The number of carbonyl (C=O) groups excluding carboxylic acids is 1. The summed E-state index contributed by atoms with van der Waals surface area (Å²) >= 11 is 0. The van der Waals surface area contributed by atoms with E-state index in [2.05, 4.69) is 32.3 Å². The molecule has 0 bridgehead atoms. The average Bonchev–Trinajstić information content (AvgIpc) is 3.02. The van der Waals surface area contributed by atoms with Crippen molar-refractivity contribution in [1.29, 1.82) is 0 Å². The summed E-state index contributed by atoms with van der Waals surface area (Å²) in [5.41, 5.74) is 2.40. The first-order valence-corrected chi connectivity index (χ1v) is 7.62. The highest BCUT2D eigenvalue weighted by Gasteiger charge is 2.25. The van der Waals surface area contributed by atoms with Crippen molar-refractivity contribution in [2.45, 2.75) is 25.8 Å². The maximum Gasteiger partial charge on any atom is 0.271 e. The third kappa shape index (κ3) is 3.24. The van der Waals surface area contributed by atoms with E-state index >= 15 is 0 Å². The number of aromatic nitrogens is 2. The van der Waals surface area contributed by atoms with Crippen LogP contribution < -0.4 is 10.2 Å². The molecule has 1 unspecified atom stereocenters. The smallest absolute Gasteiger partial charge is 0.271 e. The minimum absolute atomic E-state index is 0.160. The number of hydrogen-bond acceptors (Lipinski definition) is 4. The molecule has 1 atom stereocenters. The van der Waals surface area contributed by atoms with Crippen LogP contribution in [0.25, 0.3) is 0 Å². The molecule has 1 fully saturated rings. The molecular formula is C17H20N4O. The summed E-state index contributed by atoms with van der Waals surface area (Å²) in [6.07, 6.45) is 5.38. The maximum absolute atomic E-state index is 12.1. The van der Waals surface area contributed by atoms with Crippen LogP contribution >= 0.6 is 0 Å². The number of aryl methyl sites for hydroxylation is 1. The molecule has 2 aromatic rings. The predicted octanol–water partition coefficient (Wildman–Crippen LogP) is 2.18. The minimum Gasteiger partial charge on any atom is -0.367 e. The molecule has 2 heterocycles. The predicted molar refractivity (Wildman–Crippen MR) is 85.9 cm³/mol. The van der Waals surface area contributed by atoms with Crippen LogP contribution in [-0.4, -0.2) is 35.0 Å². The zero-order valence-corrected chi connectivity index (χ0v) is 12.7. The SMILES string of the molecule is Cc1cnc(C(=O)NCC2CCCN2c2ccccc2)cn1. The highest BCUT2D eigenvalue weighted by atomic mass is 16.1. The third-order valence-corrected chi connectivity index (χ3v) is 3.98. The van der Waals surface area contributed by atoms with Gasteiger partial charge in [0.1, 0.15) is 5.69 Å². The Balaban J connectivity index is 1.61. The fraction of sp³-hybridized carbons (Fsp3) is 0.353.